The van der Waals surface area contributed by atoms with Gasteiger partial charge in [-0.2, -0.15) is 0 Å². The van der Waals surface area contributed by atoms with Crippen molar-refractivity contribution < 1.29 is 62.6 Å². The quantitative estimate of drug-likeness (QED) is 0.185. The van der Waals surface area contributed by atoms with Gasteiger partial charge in [-0.3, -0.25) is 57.7 Å². The maximum absolute atomic E-state index is 15.4. The zero-order valence-electron chi connectivity index (χ0n) is 56.2. The van der Waals surface area contributed by atoms with Crippen LogP contribution in [0.15, 0.2) is 65.7 Å². The van der Waals surface area contributed by atoms with Crippen molar-refractivity contribution in [1.82, 2.24) is 55.1 Å². The Balaban J connectivity index is 2.00. The van der Waals surface area contributed by atoms with Crippen LogP contribution in [0.1, 0.15) is 125 Å². The van der Waals surface area contributed by atoms with Crippen molar-refractivity contribution in [3.63, 3.8) is 0 Å². The van der Waals surface area contributed by atoms with E-state index in [4.69, 9.17) is 0 Å². The van der Waals surface area contributed by atoms with Crippen molar-refractivity contribution in [3.8, 4) is 0 Å². The van der Waals surface area contributed by atoms with Gasteiger partial charge < -0.3 is 50.5 Å². The molecule has 4 rings (SSSR count). The lowest BCUT2D eigenvalue weighted by Crippen LogP contribution is -2.64. The third-order valence-electron chi connectivity index (χ3n) is 17.1. The van der Waals surface area contributed by atoms with Crippen LogP contribution in [0, 0.1) is 23.7 Å². The predicted octanol–water partition coefficient (Wildman–Crippen LogP) is 3.74. The summed E-state index contributed by atoms with van der Waals surface area (Å²) in [6.45, 7) is 17.4. The molecule has 1 fully saturated rings. The zero-order valence-corrected chi connectivity index (χ0v) is 56.2. The first-order chi connectivity index (χ1) is 42.8. The molecule has 91 heavy (non-hydrogen) atoms. The molecule has 10 atom stereocenters. The standard InChI is InChI=1S/C66H100N12O13/c1-17-43(9)55-64(89)72(12)48(35-41(5)6)58(83)70-54(63(88)77-32-26-21-27-33-77)62(87)75(15)65(90)68-47(34-40(3)4)56(81)69-53(44(10)79)61(86)76(16)66(91)78(18-2)49(37-45-28-22-19-23-29-45)57(82)67-39-52(80)71(11)51(38-46-30-24-20-25-31-46)59(84)73(13)50(36-42(7)8)60(85)74(55)14/h19-20,22-25,28-31,39-44,47-51,53-55,79H,17-18,21,26-27,32-38H2,1-16H3,(H,68,90)(H,69,81)(H,70,83)/t43-,44+,47-,48-,49?,50-,51?,53-,54?,55?/m0/s1. The van der Waals surface area contributed by atoms with Crippen molar-refractivity contribution in [1.29, 1.82) is 0 Å². The van der Waals surface area contributed by atoms with E-state index in [-0.39, 0.29) is 69.5 Å². The molecule has 0 spiro atoms. The SMILES string of the molecule is CC[C@H](C)C1C(=O)N(C)[C@@H](CC(C)C)C(=O)NC(C(=O)N2CCCCC2)C(=O)N(C)C(=O)N[C@@H](CC(C)C)C(=O)N[C@@H]([C@@H](C)O)C(=O)N(C)C(=O)N(CC)C(Cc2ccccc2)C(=O)N=CC(=O)N(C)C(Cc2ccccc2)C(=O)N(C)[C@@H](CC(C)C)C(=O)N1C. The summed E-state index contributed by atoms with van der Waals surface area (Å²) in [5.41, 5.74) is 1.20. The van der Waals surface area contributed by atoms with E-state index in [0.717, 1.165) is 36.5 Å². The number of hydrogen-bond acceptors (Lipinski definition) is 13. The first kappa shape index (κ1) is 75.4. The molecule has 1 saturated heterocycles. The molecule has 4 N–H and O–H groups in total. The van der Waals surface area contributed by atoms with E-state index in [9.17, 15) is 43.5 Å². The first-order valence-corrected chi connectivity index (χ1v) is 31.8. The van der Waals surface area contributed by atoms with Crippen LogP contribution in [0.3, 0.4) is 0 Å². The molecule has 0 aliphatic carbocycles. The van der Waals surface area contributed by atoms with Crippen LogP contribution in [-0.2, 0) is 60.8 Å². The number of benzene rings is 2. The molecule has 0 bridgehead atoms. The van der Waals surface area contributed by atoms with Gasteiger partial charge >= 0.3 is 12.1 Å². The van der Waals surface area contributed by atoms with Crippen molar-refractivity contribution >= 4 is 77.3 Å². The first-order valence-electron chi connectivity index (χ1n) is 31.8. The number of piperidine rings is 1. The number of nitrogens with zero attached hydrogens (tertiary/aromatic N) is 9. The number of hydrogen-bond donors (Lipinski definition) is 4. The molecule has 25 heteroatoms. The molecular weight excluding hydrogens is 1170 g/mol. The summed E-state index contributed by atoms with van der Waals surface area (Å²) < 4.78 is 0. The van der Waals surface area contributed by atoms with Crippen LogP contribution in [0.4, 0.5) is 9.59 Å². The highest BCUT2D eigenvalue weighted by Gasteiger charge is 2.45. The van der Waals surface area contributed by atoms with E-state index in [1.54, 1.807) is 88.4 Å². The fourth-order valence-corrected chi connectivity index (χ4v) is 11.4. The van der Waals surface area contributed by atoms with Gasteiger partial charge in [-0.25, -0.2) is 14.6 Å². The molecule has 4 unspecified atom stereocenters. The van der Waals surface area contributed by atoms with Gasteiger partial charge in [0.2, 0.25) is 29.5 Å². The lowest BCUT2D eigenvalue weighted by Gasteiger charge is -2.41. The van der Waals surface area contributed by atoms with Crippen LogP contribution in [0.25, 0.3) is 0 Å². The van der Waals surface area contributed by atoms with Gasteiger partial charge in [0.25, 0.3) is 29.5 Å². The summed E-state index contributed by atoms with van der Waals surface area (Å²) in [6, 6.07) is 3.12. The summed E-state index contributed by atoms with van der Waals surface area (Å²) in [5.74, 6) is -10.3. The molecule has 2 aromatic carbocycles. The topological polar surface area (TPSA) is 299 Å². The number of carbonyl (C=O) groups is 12. The molecule has 0 aromatic heterocycles. The number of rotatable bonds is 15. The van der Waals surface area contributed by atoms with Gasteiger partial charge in [-0.1, -0.05) is 122 Å². The van der Waals surface area contributed by atoms with E-state index >= 15 is 19.2 Å². The monoisotopic (exact) mass is 1270 g/mol. The number of likely N-dealkylation sites (N-methyl/N-ethyl adjacent to an activating group) is 7. The average molecular weight is 1270 g/mol. The number of aliphatic imine (C=N–C) groups is 1. The second-order valence-corrected chi connectivity index (χ2v) is 25.5. The fraction of sp³-hybridized carbons (Fsp3) is 0.621. The molecule has 2 heterocycles. The second kappa shape index (κ2) is 34.9. The molecule has 0 saturated carbocycles. The molecule has 25 nitrogen and oxygen atoms in total. The van der Waals surface area contributed by atoms with E-state index < -0.39 is 131 Å². The number of carbonyl (C=O) groups excluding carboxylic acids is 12. The van der Waals surface area contributed by atoms with Crippen LogP contribution in [0.5, 0.6) is 0 Å². The summed E-state index contributed by atoms with van der Waals surface area (Å²) in [5, 5.41) is 18.7. The third-order valence-corrected chi connectivity index (χ3v) is 17.1. The number of likely N-dealkylation sites (tertiary alicyclic amines) is 1. The summed E-state index contributed by atoms with van der Waals surface area (Å²) in [4.78, 5) is 190. The fourth-order valence-electron chi connectivity index (χ4n) is 11.4. The van der Waals surface area contributed by atoms with Crippen LogP contribution in [-0.4, -0.2) is 238 Å². The predicted molar refractivity (Wildman–Crippen MR) is 343 cm³/mol. The number of nitrogens with one attached hydrogen (secondary N) is 3. The van der Waals surface area contributed by atoms with Gasteiger partial charge in [-0.05, 0) is 87.2 Å². The molecule has 2 aliphatic heterocycles. The van der Waals surface area contributed by atoms with Gasteiger partial charge in [0, 0.05) is 74.8 Å². The van der Waals surface area contributed by atoms with Crippen LogP contribution >= 0.6 is 0 Å². The molecule has 0 radical (unpaired) electrons. The van der Waals surface area contributed by atoms with Gasteiger partial charge in [0.05, 0.1) is 12.3 Å². The van der Waals surface area contributed by atoms with E-state index in [2.05, 4.69) is 20.9 Å². The number of imide groups is 2. The van der Waals surface area contributed by atoms with E-state index in [1.165, 1.54) is 54.7 Å². The maximum Gasteiger partial charge on any atom is 0.327 e. The average Bonchev–Trinajstić information content (AvgIpc) is 1.03. The Morgan fingerprint density at radius 2 is 1.05 bits per heavy atom. The minimum atomic E-state index is -2.02. The molecule has 2 aromatic rings. The Hall–Kier alpha value is -8.09. The highest BCUT2D eigenvalue weighted by Crippen LogP contribution is 2.25. The van der Waals surface area contributed by atoms with Gasteiger partial charge in [0.15, 0.2) is 6.04 Å². The molecule has 502 valence electrons. The Bertz CT molecular complexity index is 2900. The van der Waals surface area contributed by atoms with Gasteiger partial charge in [-0.15, -0.1) is 0 Å². The lowest BCUT2D eigenvalue weighted by molar-refractivity contribution is -0.155. The Labute approximate surface area is 537 Å². The van der Waals surface area contributed by atoms with Crippen LogP contribution in [0.2, 0.25) is 0 Å². The number of urea groups is 2. The highest BCUT2D eigenvalue weighted by atomic mass is 16.3. The lowest BCUT2D eigenvalue weighted by atomic mass is 9.93. The highest BCUT2D eigenvalue weighted by molar-refractivity contribution is 6.28. The molecule has 14 amide bonds. The summed E-state index contributed by atoms with van der Waals surface area (Å²) in [6.07, 6.45) is 1.19. The molecular formula is C66H100N12O13. The largest absolute Gasteiger partial charge is 0.391 e. The minimum Gasteiger partial charge on any atom is -0.391 e. The zero-order chi connectivity index (χ0) is 68.3. The van der Waals surface area contributed by atoms with E-state index in [0.29, 0.717) is 40.2 Å². The second-order valence-electron chi connectivity index (χ2n) is 25.5. The maximum atomic E-state index is 15.4. The number of aliphatic hydroxyl groups excluding tert-OH is 1. The normalized spacial score (nSPS) is 24.5. The third kappa shape index (κ3) is 20.2. The summed E-state index contributed by atoms with van der Waals surface area (Å²) >= 11 is 0. The van der Waals surface area contributed by atoms with Crippen molar-refractivity contribution in [2.24, 2.45) is 28.7 Å². The minimum absolute atomic E-state index is 0.00620. The Morgan fingerprint density at radius 3 is 1.56 bits per heavy atom. The number of amides is 14. The number of aliphatic hydroxyl groups is 1. The smallest absolute Gasteiger partial charge is 0.327 e. The van der Waals surface area contributed by atoms with Crippen molar-refractivity contribution in [2.45, 2.75) is 181 Å². The Morgan fingerprint density at radius 1 is 0.549 bits per heavy atom. The summed E-state index contributed by atoms with van der Waals surface area (Å²) in [7, 11) is 7.77. The van der Waals surface area contributed by atoms with Crippen molar-refractivity contribution in [3.05, 3.63) is 71.8 Å². The van der Waals surface area contributed by atoms with Crippen LogP contribution < -0.4 is 16.0 Å². The molecule has 2 aliphatic rings. The van der Waals surface area contributed by atoms with Gasteiger partial charge in [0.1, 0.15) is 42.3 Å². The van der Waals surface area contributed by atoms with E-state index in [1.807, 2.05) is 34.6 Å². The van der Waals surface area contributed by atoms with Crippen molar-refractivity contribution in [2.75, 3.05) is 61.9 Å². The Kier molecular flexibility index (Phi) is 28.9.